The lowest BCUT2D eigenvalue weighted by Gasteiger charge is -2.25. The summed E-state index contributed by atoms with van der Waals surface area (Å²) in [6.07, 6.45) is 3.80. The maximum atomic E-state index is 12.8. The lowest BCUT2D eigenvalue weighted by atomic mass is 9.99. The van der Waals surface area contributed by atoms with E-state index in [1.807, 2.05) is 0 Å². The number of aliphatic hydroxyl groups is 1. The molecule has 146 valence electrons. The van der Waals surface area contributed by atoms with Crippen molar-refractivity contribution in [1.29, 1.82) is 0 Å². The maximum Gasteiger partial charge on any atom is 0.295 e. The summed E-state index contributed by atoms with van der Waals surface area (Å²) >= 11 is 5.92. The van der Waals surface area contributed by atoms with Crippen LogP contribution in [0.4, 0.5) is 0 Å². The Morgan fingerprint density at radius 3 is 2.46 bits per heavy atom. The van der Waals surface area contributed by atoms with Gasteiger partial charge in [0.1, 0.15) is 17.6 Å². The molecule has 0 spiro atoms. The fourth-order valence-corrected chi connectivity index (χ4v) is 4.00. The molecule has 0 radical (unpaired) electrons. The summed E-state index contributed by atoms with van der Waals surface area (Å²) in [6, 6.07) is 9.17. The van der Waals surface area contributed by atoms with Gasteiger partial charge in [-0.05, 0) is 62.3 Å². The molecule has 6 nitrogen and oxygen atoms in total. The van der Waals surface area contributed by atoms with Crippen LogP contribution >= 0.6 is 11.6 Å². The number of hydrogen-bond donors (Lipinski definition) is 1. The van der Waals surface area contributed by atoms with Gasteiger partial charge in [0.2, 0.25) is 0 Å². The molecule has 1 aromatic heterocycles. The van der Waals surface area contributed by atoms with Crippen LogP contribution < -0.4 is 0 Å². The Hall–Kier alpha value is -2.57. The predicted octanol–water partition coefficient (Wildman–Crippen LogP) is 3.45. The minimum Gasteiger partial charge on any atom is -0.507 e. The first-order valence-electron chi connectivity index (χ1n) is 9.36. The highest BCUT2D eigenvalue weighted by Crippen LogP contribution is 2.39. The molecule has 0 saturated carbocycles. The smallest absolute Gasteiger partial charge is 0.295 e. The third-order valence-corrected chi connectivity index (χ3v) is 5.58. The molecule has 0 aliphatic carbocycles. The van der Waals surface area contributed by atoms with E-state index < -0.39 is 17.7 Å². The molecular formula is C21H21ClN2O4. The zero-order valence-electron chi connectivity index (χ0n) is 15.3. The fraction of sp³-hybridized carbons (Fsp3) is 0.333. The van der Waals surface area contributed by atoms with E-state index in [4.69, 9.17) is 16.0 Å². The SMILES string of the molecule is O=C1C(=O)N(CCN2CCCC2)C(c2ccco2)/C1=C(\O)c1ccc(Cl)cc1. The second kappa shape index (κ2) is 7.81. The van der Waals surface area contributed by atoms with Gasteiger partial charge in [-0.2, -0.15) is 0 Å². The molecule has 1 amide bonds. The number of Topliss-reactive ketones (excluding diaryl/α,β-unsaturated/α-hetero) is 1. The van der Waals surface area contributed by atoms with Gasteiger partial charge < -0.3 is 19.3 Å². The van der Waals surface area contributed by atoms with Gasteiger partial charge in [-0.25, -0.2) is 0 Å². The largest absolute Gasteiger partial charge is 0.507 e. The molecule has 3 heterocycles. The van der Waals surface area contributed by atoms with Crippen LogP contribution in [0.1, 0.15) is 30.2 Å². The molecule has 2 aliphatic heterocycles. The Labute approximate surface area is 168 Å². The number of furan rings is 1. The van der Waals surface area contributed by atoms with Crippen molar-refractivity contribution in [2.24, 2.45) is 0 Å². The van der Waals surface area contributed by atoms with Crippen LogP contribution in [0, 0.1) is 0 Å². The standard InChI is InChI=1S/C21H21ClN2O4/c22-15-7-5-14(6-8-15)19(25)17-18(16-4-3-13-28-16)24(21(27)20(17)26)12-11-23-9-1-2-10-23/h3-8,13,18,25H,1-2,9-12H2/b19-17+. The van der Waals surface area contributed by atoms with Gasteiger partial charge in [-0.1, -0.05) is 11.6 Å². The Morgan fingerprint density at radius 1 is 1.11 bits per heavy atom. The number of aliphatic hydroxyl groups excluding tert-OH is 1. The minimum absolute atomic E-state index is 0.0451. The van der Waals surface area contributed by atoms with Gasteiger partial charge in [0.15, 0.2) is 0 Å². The van der Waals surface area contributed by atoms with Crippen LogP contribution in [0.5, 0.6) is 0 Å². The number of hydrogen-bond acceptors (Lipinski definition) is 5. The summed E-state index contributed by atoms with van der Waals surface area (Å²) in [4.78, 5) is 29.4. The van der Waals surface area contributed by atoms with Crippen LogP contribution in [-0.2, 0) is 9.59 Å². The topological polar surface area (TPSA) is 74.0 Å². The number of benzene rings is 1. The summed E-state index contributed by atoms with van der Waals surface area (Å²) in [7, 11) is 0. The predicted molar refractivity (Wildman–Crippen MR) is 105 cm³/mol. The molecular weight excluding hydrogens is 380 g/mol. The number of amides is 1. The lowest BCUT2D eigenvalue weighted by molar-refractivity contribution is -0.140. The molecule has 2 fully saturated rings. The molecule has 1 atom stereocenters. The quantitative estimate of drug-likeness (QED) is 0.472. The molecule has 2 aromatic rings. The van der Waals surface area contributed by atoms with Gasteiger partial charge in [0, 0.05) is 23.7 Å². The van der Waals surface area contributed by atoms with E-state index in [9.17, 15) is 14.7 Å². The minimum atomic E-state index is -0.742. The van der Waals surface area contributed by atoms with E-state index in [0.29, 0.717) is 29.4 Å². The first-order valence-corrected chi connectivity index (χ1v) is 9.74. The van der Waals surface area contributed by atoms with Gasteiger partial charge >= 0.3 is 0 Å². The van der Waals surface area contributed by atoms with Crippen molar-refractivity contribution in [3.05, 3.63) is 64.6 Å². The molecule has 0 bridgehead atoms. The van der Waals surface area contributed by atoms with E-state index in [1.165, 1.54) is 11.2 Å². The third kappa shape index (κ3) is 3.45. The second-order valence-electron chi connectivity index (χ2n) is 7.06. The summed E-state index contributed by atoms with van der Waals surface area (Å²) < 4.78 is 5.53. The number of ketones is 1. The van der Waals surface area contributed by atoms with Gasteiger partial charge in [0.25, 0.3) is 11.7 Å². The highest BCUT2D eigenvalue weighted by Gasteiger charge is 2.47. The van der Waals surface area contributed by atoms with E-state index in [-0.39, 0.29) is 11.3 Å². The molecule has 2 aliphatic rings. The van der Waals surface area contributed by atoms with Crippen molar-refractivity contribution < 1.29 is 19.1 Å². The second-order valence-corrected chi connectivity index (χ2v) is 7.50. The molecule has 4 rings (SSSR count). The van der Waals surface area contributed by atoms with Gasteiger partial charge in [-0.15, -0.1) is 0 Å². The van der Waals surface area contributed by atoms with Gasteiger partial charge in [-0.3, -0.25) is 9.59 Å². The summed E-state index contributed by atoms with van der Waals surface area (Å²) in [5.74, 6) is -1.08. The number of carbonyl (C=O) groups is 2. The normalized spacial score (nSPS) is 22.3. The molecule has 2 saturated heterocycles. The zero-order chi connectivity index (χ0) is 19.7. The summed E-state index contributed by atoms with van der Waals surface area (Å²) in [5.41, 5.74) is 0.474. The molecule has 1 aromatic carbocycles. The highest BCUT2D eigenvalue weighted by molar-refractivity contribution is 6.46. The van der Waals surface area contributed by atoms with E-state index in [2.05, 4.69) is 4.90 Å². The first-order chi connectivity index (χ1) is 13.6. The summed E-state index contributed by atoms with van der Waals surface area (Å²) in [6.45, 7) is 3.08. The van der Waals surface area contributed by atoms with Crippen LogP contribution in [0.3, 0.4) is 0 Å². The maximum absolute atomic E-state index is 12.8. The van der Waals surface area contributed by atoms with E-state index in [1.54, 1.807) is 36.4 Å². The third-order valence-electron chi connectivity index (χ3n) is 5.33. The average molecular weight is 401 g/mol. The van der Waals surface area contributed by atoms with Gasteiger partial charge in [0.05, 0.1) is 11.8 Å². The number of nitrogens with zero attached hydrogens (tertiary/aromatic N) is 2. The molecule has 1 N–H and O–H groups in total. The Bertz CT molecular complexity index is 899. The van der Waals surface area contributed by atoms with Crippen molar-refractivity contribution >= 4 is 29.1 Å². The van der Waals surface area contributed by atoms with Crippen molar-refractivity contribution in [3.8, 4) is 0 Å². The van der Waals surface area contributed by atoms with E-state index >= 15 is 0 Å². The summed E-state index contributed by atoms with van der Waals surface area (Å²) in [5, 5.41) is 11.4. The number of halogens is 1. The van der Waals surface area contributed by atoms with Crippen molar-refractivity contribution in [1.82, 2.24) is 9.80 Å². The van der Waals surface area contributed by atoms with E-state index in [0.717, 1.165) is 25.9 Å². The number of carbonyl (C=O) groups excluding carboxylic acids is 2. The van der Waals surface area contributed by atoms with Crippen molar-refractivity contribution in [2.75, 3.05) is 26.2 Å². The molecule has 28 heavy (non-hydrogen) atoms. The molecule has 7 heteroatoms. The Balaban J connectivity index is 1.71. The number of rotatable bonds is 5. The lowest BCUT2D eigenvalue weighted by Crippen LogP contribution is -2.37. The first kappa shape index (κ1) is 18.8. The van der Waals surface area contributed by atoms with Crippen molar-refractivity contribution in [3.63, 3.8) is 0 Å². The van der Waals surface area contributed by atoms with Crippen LogP contribution in [-0.4, -0.2) is 52.8 Å². The van der Waals surface area contributed by atoms with Crippen LogP contribution in [0.25, 0.3) is 5.76 Å². The Kier molecular flexibility index (Phi) is 5.24. The Morgan fingerprint density at radius 2 is 1.82 bits per heavy atom. The van der Waals surface area contributed by atoms with Crippen LogP contribution in [0.15, 0.2) is 52.7 Å². The molecule has 1 unspecified atom stereocenters. The highest BCUT2D eigenvalue weighted by atomic mass is 35.5. The monoisotopic (exact) mass is 400 g/mol. The van der Waals surface area contributed by atoms with Crippen molar-refractivity contribution in [2.45, 2.75) is 18.9 Å². The number of likely N-dealkylation sites (tertiary alicyclic amines) is 2. The average Bonchev–Trinajstić information content (AvgIpc) is 3.43. The fourth-order valence-electron chi connectivity index (χ4n) is 3.87. The van der Waals surface area contributed by atoms with Crippen LogP contribution in [0.2, 0.25) is 5.02 Å². The zero-order valence-corrected chi connectivity index (χ0v) is 16.1.